The number of aliphatic hydroxyl groups is 1. The lowest BCUT2D eigenvalue weighted by Gasteiger charge is -2.18. The monoisotopic (exact) mass is 265 g/mol. The molecule has 4 nitrogen and oxygen atoms in total. The number of rotatable bonds is 7. The molecular formula is C15H23NO3. The van der Waals surface area contributed by atoms with Crippen molar-refractivity contribution in [3.8, 4) is 0 Å². The number of nitrogens with one attached hydrogen (secondary N) is 1. The molecule has 0 saturated heterocycles. The number of hydrogen-bond acceptors (Lipinski definition) is 4. The SMILES string of the molecule is CCOC(=O)CC(O)CN[C@H](C)c1ccccc1C. The molecule has 0 aliphatic rings. The van der Waals surface area contributed by atoms with Gasteiger partial charge in [0.05, 0.1) is 19.1 Å². The summed E-state index contributed by atoms with van der Waals surface area (Å²) >= 11 is 0. The zero-order valence-corrected chi connectivity index (χ0v) is 11.8. The first-order chi connectivity index (χ1) is 9.04. The zero-order valence-electron chi connectivity index (χ0n) is 11.8. The highest BCUT2D eigenvalue weighted by Crippen LogP contribution is 2.16. The van der Waals surface area contributed by atoms with E-state index in [-0.39, 0.29) is 18.4 Å². The predicted molar refractivity (Wildman–Crippen MR) is 74.9 cm³/mol. The van der Waals surface area contributed by atoms with Crippen LogP contribution in [0.25, 0.3) is 0 Å². The van der Waals surface area contributed by atoms with E-state index in [4.69, 9.17) is 4.74 Å². The fourth-order valence-electron chi connectivity index (χ4n) is 1.98. The Balaban J connectivity index is 2.40. The summed E-state index contributed by atoms with van der Waals surface area (Å²) in [7, 11) is 0. The van der Waals surface area contributed by atoms with E-state index < -0.39 is 6.10 Å². The highest BCUT2D eigenvalue weighted by Gasteiger charge is 2.14. The van der Waals surface area contributed by atoms with Gasteiger partial charge in [0.15, 0.2) is 0 Å². The first-order valence-electron chi connectivity index (χ1n) is 6.67. The molecule has 4 heteroatoms. The van der Waals surface area contributed by atoms with Gasteiger partial charge in [-0.25, -0.2) is 0 Å². The molecule has 2 N–H and O–H groups in total. The molecule has 0 amide bonds. The van der Waals surface area contributed by atoms with Gasteiger partial charge < -0.3 is 15.2 Å². The van der Waals surface area contributed by atoms with E-state index in [2.05, 4.69) is 24.4 Å². The van der Waals surface area contributed by atoms with E-state index in [1.54, 1.807) is 6.92 Å². The second kappa shape index (κ2) is 7.92. The minimum atomic E-state index is -0.717. The van der Waals surface area contributed by atoms with Crippen LogP contribution in [-0.4, -0.2) is 30.3 Å². The Labute approximate surface area is 114 Å². The van der Waals surface area contributed by atoms with E-state index in [9.17, 15) is 9.90 Å². The maximum Gasteiger partial charge on any atom is 0.308 e. The van der Waals surface area contributed by atoms with E-state index >= 15 is 0 Å². The van der Waals surface area contributed by atoms with Gasteiger partial charge in [0.2, 0.25) is 0 Å². The first-order valence-corrected chi connectivity index (χ1v) is 6.67. The Morgan fingerprint density at radius 2 is 2.11 bits per heavy atom. The van der Waals surface area contributed by atoms with Crippen LogP contribution in [0.1, 0.15) is 37.4 Å². The fourth-order valence-corrected chi connectivity index (χ4v) is 1.98. The average molecular weight is 265 g/mol. The van der Waals surface area contributed by atoms with Crippen molar-refractivity contribution in [1.82, 2.24) is 5.32 Å². The third kappa shape index (κ3) is 5.41. The molecule has 0 aromatic heterocycles. The number of aryl methyl sites for hydroxylation is 1. The summed E-state index contributed by atoms with van der Waals surface area (Å²) in [6, 6.07) is 8.25. The molecule has 0 spiro atoms. The minimum Gasteiger partial charge on any atom is -0.466 e. The van der Waals surface area contributed by atoms with Gasteiger partial charge in [-0.15, -0.1) is 0 Å². The van der Waals surface area contributed by atoms with Gasteiger partial charge in [0, 0.05) is 12.6 Å². The Morgan fingerprint density at radius 3 is 2.74 bits per heavy atom. The van der Waals surface area contributed by atoms with Gasteiger partial charge in [-0.3, -0.25) is 4.79 Å². The van der Waals surface area contributed by atoms with Crippen LogP contribution in [0.2, 0.25) is 0 Å². The maximum atomic E-state index is 11.2. The van der Waals surface area contributed by atoms with Gasteiger partial charge in [0.1, 0.15) is 0 Å². The molecule has 2 atom stereocenters. The number of carbonyl (C=O) groups is 1. The van der Waals surface area contributed by atoms with Crippen LogP contribution < -0.4 is 5.32 Å². The van der Waals surface area contributed by atoms with E-state index in [1.165, 1.54) is 11.1 Å². The highest BCUT2D eigenvalue weighted by atomic mass is 16.5. The molecule has 0 bridgehead atoms. The maximum absolute atomic E-state index is 11.2. The lowest BCUT2D eigenvalue weighted by molar-refractivity contribution is -0.145. The lowest BCUT2D eigenvalue weighted by Crippen LogP contribution is -2.31. The van der Waals surface area contributed by atoms with Gasteiger partial charge in [-0.1, -0.05) is 24.3 Å². The summed E-state index contributed by atoms with van der Waals surface area (Å²) in [5.41, 5.74) is 2.41. The normalized spacial score (nSPS) is 13.9. The quantitative estimate of drug-likeness (QED) is 0.740. The predicted octanol–water partition coefficient (Wildman–Crippen LogP) is 1.96. The van der Waals surface area contributed by atoms with E-state index in [0.29, 0.717) is 13.2 Å². The van der Waals surface area contributed by atoms with Crippen molar-refractivity contribution < 1.29 is 14.6 Å². The molecule has 0 heterocycles. The van der Waals surface area contributed by atoms with Crippen LogP contribution in [0, 0.1) is 6.92 Å². The van der Waals surface area contributed by atoms with Crippen LogP contribution >= 0.6 is 0 Å². The summed E-state index contributed by atoms with van der Waals surface area (Å²) in [5, 5.41) is 13.0. The largest absolute Gasteiger partial charge is 0.466 e. The third-order valence-corrected chi connectivity index (χ3v) is 3.02. The lowest BCUT2D eigenvalue weighted by atomic mass is 10.0. The second-order valence-corrected chi connectivity index (χ2v) is 4.65. The molecule has 106 valence electrons. The van der Waals surface area contributed by atoms with Crippen LogP contribution in [-0.2, 0) is 9.53 Å². The molecule has 0 saturated carbocycles. The fraction of sp³-hybridized carbons (Fsp3) is 0.533. The summed E-state index contributed by atoms with van der Waals surface area (Å²) in [4.78, 5) is 11.2. The first kappa shape index (κ1) is 15.7. The molecule has 1 rings (SSSR count). The number of carbonyl (C=O) groups excluding carboxylic acids is 1. The number of aliphatic hydroxyl groups excluding tert-OH is 1. The van der Waals surface area contributed by atoms with Crippen molar-refractivity contribution in [1.29, 1.82) is 0 Å². The molecule has 0 aliphatic carbocycles. The van der Waals surface area contributed by atoms with Crippen molar-refractivity contribution in [2.75, 3.05) is 13.2 Å². The van der Waals surface area contributed by atoms with Crippen molar-refractivity contribution in [3.63, 3.8) is 0 Å². The van der Waals surface area contributed by atoms with Crippen molar-refractivity contribution in [3.05, 3.63) is 35.4 Å². The molecule has 0 fully saturated rings. The summed E-state index contributed by atoms with van der Waals surface area (Å²) < 4.78 is 4.80. The van der Waals surface area contributed by atoms with Crippen molar-refractivity contribution >= 4 is 5.97 Å². The molecule has 1 aromatic carbocycles. The Kier molecular flexibility index (Phi) is 6.53. The number of ether oxygens (including phenoxy) is 1. The molecular weight excluding hydrogens is 242 g/mol. The number of esters is 1. The second-order valence-electron chi connectivity index (χ2n) is 4.65. The van der Waals surface area contributed by atoms with Crippen LogP contribution in [0.5, 0.6) is 0 Å². The van der Waals surface area contributed by atoms with E-state index in [0.717, 1.165) is 0 Å². The standard InChI is InChI=1S/C15H23NO3/c1-4-19-15(18)9-13(17)10-16-12(3)14-8-6-5-7-11(14)2/h5-8,12-13,16-17H,4,9-10H2,1-3H3/t12-,13?/m1/s1. The highest BCUT2D eigenvalue weighted by molar-refractivity contribution is 5.69. The van der Waals surface area contributed by atoms with Crippen molar-refractivity contribution in [2.24, 2.45) is 0 Å². The third-order valence-electron chi connectivity index (χ3n) is 3.02. The van der Waals surface area contributed by atoms with Gasteiger partial charge in [-0.05, 0) is 31.9 Å². The van der Waals surface area contributed by atoms with Gasteiger partial charge in [-0.2, -0.15) is 0 Å². The molecule has 19 heavy (non-hydrogen) atoms. The number of hydrogen-bond donors (Lipinski definition) is 2. The topological polar surface area (TPSA) is 58.6 Å². The van der Waals surface area contributed by atoms with E-state index in [1.807, 2.05) is 19.1 Å². The van der Waals surface area contributed by atoms with Crippen LogP contribution in [0.3, 0.4) is 0 Å². The van der Waals surface area contributed by atoms with Crippen LogP contribution in [0.4, 0.5) is 0 Å². The van der Waals surface area contributed by atoms with Crippen molar-refractivity contribution in [2.45, 2.75) is 39.3 Å². The molecule has 0 aliphatic heterocycles. The number of benzene rings is 1. The smallest absolute Gasteiger partial charge is 0.308 e. The molecule has 1 unspecified atom stereocenters. The van der Waals surface area contributed by atoms with Gasteiger partial charge >= 0.3 is 5.97 Å². The Bertz CT molecular complexity index is 406. The minimum absolute atomic E-state index is 0.0291. The van der Waals surface area contributed by atoms with Gasteiger partial charge in [0.25, 0.3) is 0 Å². The summed E-state index contributed by atoms with van der Waals surface area (Å²) in [6.45, 7) is 6.57. The Morgan fingerprint density at radius 1 is 1.42 bits per heavy atom. The average Bonchev–Trinajstić information content (AvgIpc) is 2.36. The molecule has 0 radical (unpaired) electrons. The summed E-state index contributed by atoms with van der Waals surface area (Å²) in [5.74, 6) is -0.361. The zero-order chi connectivity index (χ0) is 14.3. The summed E-state index contributed by atoms with van der Waals surface area (Å²) in [6.07, 6.45) is -0.688. The van der Waals surface area contributed by atoms with Crippen LogP contribution in [0.15, 0.2) is 24.3 Å². The Hall–Kier alpha value is -1.39. The molecule has 1 aromatic rings.